The Bertz CT molecular complexity index is 384. The largest absolute Gasteiger partial charge is 0.363 e. The Labute approximate surface area is 94.4 Å². The van der Waals surface area contributed by atoms with Gasteiger partial charge in [0.25, 0.3) is 0 Å². The van der Waals surface area contributed by atoms with Gasteiger partial charge in [-0.05, 0) is 6.92 Å². The number of nitrogens with two attached hydrogens (primary N) is 1. The van der Waals surface area contributed by atoms with Gasteiger partial charge in [-0.25, -0.2) is 24.6 Å². The third-order valence-corrected chi connectivity index (χ3v) is 2.03. The van der Waals surface area contributed by atoms with Crippen LogP contribution in [0.3, 0.4) is 0 Å². The van der Waals surface area contributed by atoms with Crippen molar-refractivity contribution in [2.75, 3.05) is 17.3 Å². The van der Waals surface area contributed by atoms with Gasteiger partial charge in [-0.2, -0.15) is 8.78 Å². The lowest BCUT2D eigenvalue weighted by Crippen LogP contribution is -2.35. The van der Waals surface area contributed by atoms with E-state index in [9.17, 15) is 17.6 Å². The van der Waals surface area contributed by atoms with E-state index in [2.05, 4.69) is 20.7 Å². The predicted molar refractivity (Wildman–Crippen MR) is 54.0 cm³/mol. The maximum Gasteiger partial charge on any atom is 0.324 e. The maximum atomic E-state index is 12.6. The molecule has 4 N–H and O–H groups in total. The van der Waals surface area contributed by atoms with Crippen molar-refractivity contribution in [1.82, 2.24) is 9.97 Å². The third kappa shape index (κ3) is 3.16. The quantitative estimate of drug-likeness (QED) is 0.420. The zero-order valence-corrected chi connectivity index (χ0v) is 8.85. The first-order chi connectivity index (χ1) is 7.88. The second-order valence-corrected chi connectivity index (χ2v) is 3.26. The molecule has 17 heavy (non-hydrogen) atoms. The monoisotopic (exact) mass is 253 g/mol. The number of nitrogens with zero attached hydrogens (tertiary/aromatic N) is 2. The van der Waals surface area contributed by atoms with Gasteiger partial charge in [0.05, 0.1) is 6.54 Å². The molecule has 0 aliphatic rings. The maximum absolute atomic E-state index is 12.6. The van der Waals surface area contributed by atoms with E-state index in [1.807, 2.05) is 0 Å². The molecule has 0 radical (unpaired) electrons. The third-order valence-electron chi connectivity index (χ3n) is 2.03. The van der Waals surface area contributed by atoms with E-state index < -0.39 is 18.9 Å². The number of anilines is 2. The molecule has 1 heterocycles. The number of nitrogens with one attached hydrogen (secondary N) is 2. The summed E-state index contributed by atoms with van der Waals surface area (Å²) in [5, 5.41) is 2.13. The molecule has 9 heteroatoms. The van der Waals surface area contributed by atoms with Gasteiger partial charge in [0.1, 0.15) is 18.0 Å². The zero-order chi connectivity index (χ0) is 13.1. The van der Waals surface area contributed by atoms with Crippen LogP contribution in [0.2, 0.25) is 0 Å². The summed E-state index contributed by atoms with van der Waals surface area (Å²) in [5.74, 6) is 1.24. The van der Waals surface area contributed by atoms with Gasteiger partial charge >= 0.3 is 12.3 Å². The topological polar surface area (TPSA) is 75.9 Å². The van der Waals surface area contributed by atoms with E-state index in [4.69, 9.17) is 5.84 Å². The van der Waals surface area contributed by atoms with Crippen LogP contribution in [-0.2, 0) is 0 Å². The minimum absolute atomic E-state index is 0.0216. The highest BCUT2D eigenvalue weighted by atomic mass is 19.3. The van der Waals surface area contributed by atoms with Gasteiger partial charge in [-0.15, -0.1) is 0 Å². The molecule has 0 atom stereocenters. The van der Waals surface area contributed by atoms with Gasteiger partial charge in [0.15, 0.2) is 0 Å². The lowest BCUT2D eigenvalue weighted by Gasteiger charge is -2.17. The molecule has 1 rings (SSSR count). The van der Waals surface area contributed by atoms with Crippen LogP contribution in [0.5, 0.6) is 0 Å². The van der Waals surface area contributed by atoms with Crippen molar-refractivity contribution in [1.29, 1.82) is 0 Å². The number of alkyl halides is 4. The minimum atomic E-state index is -4.12. The van der Waals surface area contributed by atoms with Crippen LogP contribution >= 0.6 is 0 Å². The highest BCUT2D eigenvalue weighted by molar-refractivity contribution is 5.55. The SMILES string of the molecule is Cc1c(NN)ncnc1NCC(F)(F)C(F)F. The summed E-state index contributed by atoms with van der Waals surface area (Å²) in [7, 11) is 0. The fourth-order valence-corrected chi connectivity index (χ4v) is 1.05. The zero-order valence-electron chi connectivity index (χ0n) is 8.85. The second-order valence-electron chi connectivity index (χ2n) is 3.26. The van der Waals surface area contributed by atoms with Crippen molar-refractivity contribution in [3.8, 4) is 0 Å². The summed E-state index contributed by atoms with van der Waals surface area (Å²) in [4.78, 5) is 7.37. The molecule has 0 aliphatic carbocycles. The Kier molecular flexibility index (Phi) is 4.05. The van der Waals surface area contributed by atoms with Crippen molar-refractivity contribution in [3.63, 3.8) is 0 Å². The lowest BCUT2D eigenvalue weighted by molar-refractivity contribution is -0.117. The summed E-state index contributed by atoms with van der Waals surface area (Å²) >= 11 is 0. The highest BCUT2D eigenvalue weighted by Crippen LogP contribution is 2.24. The van der Waals surface area contributed by atoms with Gasteiger partial charge in [0, 0.05) is 5.56 Å². The van der Waals surface area contributed by atoms with E-state index in [-0.39, 0.29) is 11.6 Å². The summed E-state index contributed by atoms with van der Waals surface area (Å²) in [6, 6.07) is 0. The van der Waals surface area contributed by atoms with Crippen LogP contribution < -0.4 is 16.6 Å². The molecule has 0 saturated carbocycles. The first kappa shape index (κ1) is 13.4. The molecule has 0 bridgehead atoms. The average Bonchev–Trinajstić information content (AvgIpc) is 2.27. The van der Waals surface area contributed by atoms with Crippen LogP contribution in [0.25, 0.3) is 0 Å². The van der Waals surface area contributed by atoms with Crippen molar-refractivity contribution >= 4 is 11.6 Å². The Morgan fingerprint density at radius 2 is 1.94 bits per heavy atom. The molecule has 1 aromatic heterocycles. The lowest BCUT2D eigenvalue weighted by atomic mass is 10.3. The normalized spacial score (nSPS) is 11.7. The van der Waals surface area contributed by atoms with Crippen molar-refractivity contribution in [3.05, 3.63) is 11.9 Å². The highest BCUT2D eigenvalue weighted by Gasteiger charge is 2.40. The van der Waals surface area contributed by atoms with Crippen molar-refractivity contribution in [2.24, 2.45) is 5.84 Å². The molecule has 0 saturated heterocycles. The molecule has 96 valence electrons. The Morgan fingerprint density at radius 3 is 2.47 bits per heavy atom. The van der Waals surface area contributed by atoms with Crippen LogP contribution in [0, 0.1) is 6.92 Å². The smallest absolute Gasteiger partial charge is 0.324 e. The average molecular weight is 253 g/mol. The fourth-order valence-electron chi connectivity index (χ4n) is 1.05. The molecule has 1 aromatic rings. The van der Waals surface area contributed by atoms with E-state index in [0.717, 1.165) is 6.33 Å². The van der Waals surface area contributed by atoms with E-state index in [1.54, 1.807) is 0 Å². The van der Waals surface area contributed by atoms with Crippen LogP contribution in [0.4, 0.5) is 29.2 Å². The minimum Gasteiger partial charge on any atom is -0.363 e. The summed E-state index contributed by atoms with van der Waals surface area (Å²) in [6.45, 7) is 0.296. The fraction of sp³-hybridized carbons (Fsp3) is 0.500. The van der Waals surface area contributed by atoms with Gasteiger partial charge in [-0.1, -0.05) is 0 Å². The van der Waals surface area contributed by atoms with Crippen LogP contribution in [0.15, 0.2) is 6.33 Å². The Balaban J connectivity index is 2.76. The number of aromatic nitrogens is 2. The molecule has 5 nitrogen and oxygen atoms in total. The van der Waals surface area contributed by atoms with Crippen molar-refractivity contribution in [2.45, 2.75) is 19.3 Å². The van der Waals surface area contributed by atoms with Gasteiger partial charge < -0.3 is 10.7 Å². The molecule has 0 aromatic carbocycles. The molecule has 0 aliphatic heterocycles. The van der Waals surface area contributed by atoms with Gasteiger partial charge in [-0.3, -0.25) is 0 Å². The van der Waals surface area contributed by atoms with Crippen molar-refractivity contribution < 1.29 is 17.6 Å². The number of halogens is 4. The first-order valence-electron chi connectivity index (χ1n) is 4.56. The number of hydrogen-bond donors (Lipinski definition) is 3. The van der Waals surface area contributed by atoms with Gasteiger partial charge in [0.2, 0.25) is 0 Å². The first-order valence-corrected chi connectivity index (χ1v) is 4.56. The predicted octanol–water partition coefficient (Wildman–Crippen LogP) is 1.38. The number of hydrogen-bond acceptors (Lipinski definition) is 5. The summed E-state index contributed by atoms with van der Waals surface area (Å²) in [6.07, 6.45) is -2.66. The van der Waals surface area contributed by atoms with Crippen LogP contribution in [0.1, 0.15) is 5.56 Å². The summed E-state index contributed by atoms with van der Waals surface area (Å²) in [5.41, 5.74) is 2.59. The molecule has 0 amide bonds. The molecule has 0 spiro atoms. The number of hydrazine groups is 1. The van der Waals surface area contributed by atoms with Crippen LogP contribution in [-0.4, -0.2) is 28.9 Å². The van der Waals surface area contributed by atoms with E-state index >= 15 is 0 Å². The van der Waals surface area contributed by atoms with E-state index in [0.29, 0.717) is 5.56 Å². The molecule has 0 fully saturated rings. The molecular weight excluding hydrogens is 242 g/mol. The summed E-state index contributed by atoms with van der Waals surface area (Å²) < 4.78 is 49.1. The molecular formula is C8H11F4N5. The number of rotatable bonds is 5. The Hall–Kier alpha value is -1.64. The standard InChI is InChI=1S/C8H11F4N5/c1-4-5(15-3-16-6(4)17-13)14-2-8(11,12)7(9)10/h3,7H,2,13H2,1H3,(H2,14,15,16,17). The Morgan fingerprint density at radius 1 is 1.35 bits per heavy atom. The molecule has 0 unspecified atom stereocenters. The van der Waals surface area contributed by atoms with E-state index in [1.165, 1.54) is 6.92 Å². The second kappa shape index (κ2) is 5.13. The number of nitrogen functional groups attached to an aromatic ring is 1.